The summed E-state index contributed by atoms with van der Waals surface area (Å²) in [5.41, 5.74) is 2.41. The van der Waals surface area contributed by atoms with Gasteiger partial charge >= 0.3 is 0 Å². The molecule has 1 aromatic heterocycles. The summed E-state index contributed by atoms with van der Waals surface area (Å²) in [6, 6.07) is 8.28. The standard InChI is InChI=1S/C17H26N4O2S/c1-13(9-11-24(3,22)23)21-17(18-2)19-10-8-14-12-20-16-7-5-4-6-15(14)16/h4-7,12-13,20H,8-11H2,1-3H3,(H2,18,19,21). The minimum Gasteiger partial charge on any atom is -0.361 e. The van der Waals surface area contributed by atoms with Crippen LogP contribution in [-0.4, -0.2) is 51.0 Å². The number of nitrogens with zero attached hydrogens (tertiary/aromatic N) is 1. The fourth-order valence-electron chi connectivity index (χ4n) is 2.55. The summed E-state index contributed by atoms with van der Waals surface area (Å²) in [4.78, 5) is 7.46. The van der Waals surface area contributed by atoms with Crippen LogP contribution in [0.1, 0.15) is 18.9 Å². The van der Waals surface area contributed by atoms with E-state index in [4.69, 9.17) is 0 Å². The topological polar surface area (TPSA) is 86.3 Å². The number of sulfone groups is 1. The number of para-hydroxylation sites is 1. The second-order valence-corrected chi connectivity index (χ2v) is 8.33. The fraction of sp³-hybridized carbons (Fsp3) is 0.471. The van der Waals surface area contributed by atoms with Gasteiger partial charge in [0.15, 0.2) is 5.96 Å². The summed E-state index contributed by atoms with van der Waals surface area (Å²) in [6.07, 6.45) is 4.73. The average molecular weight is 350 g/mol. The Labute approximate surface area is 143 Å². The predicted molar refractivity (Wildman–Crippen MR) is 100 cm³/mol. The second-order valence-electron chi connectivity index (χ2n) is 6.07. The van der Waals surface area contributed by atoms with Crippen LogP contribution in [0.25, 0.3) is 10.9 Å². The first-order valence-corrected chi connectivity index (χ1v) is 10.1. The van der Waals surface area contributed by atoms with Crippen LogP contribution in [0.2, 0.25) is 0 Å². The zero-order chi connectivity index (χ0) is 17.6. The molecule has 0 aliphatic carbocycles. The predicted octanol–water partition coefficient (Wildman–Crippen LogP) is 1.70. The molecule has 3 N–H and O–H groups in total. The number of fused-ring (bicyclic) bond motifs is 1. The molecule has 1 atom stereocenters. The van der Waals surface area contributed by atoms with E-state index in [9.17, 15) is 8.42 Å². The van der Waals surface area contributed by atoms with Crippen molar-refractivity contribution in [1.82, 2.24) is 15.6 Å². The van der Waals surface area contributed by atoms with Crippen LogP contribution < -0.4 is 10.6 Å². The van der Waals surface area contributed by atoms with E-state index < -0.39 is 9.84 Å². The van der Waals surface area contributed by atoms with Gasteiger partial charge in [-0.1, -0.05) is 18.2 Å². The maximum Gasteiger partial charge on any atom is 0.191 e. The maximum atomic E-state index is 11.2. The molecule has 2 aromatic rings. The monoisotopic (exact) mass is 350 g/mol. The van der Waals surface area contributed by atoms with Gasteiger partial charge in [-0.05, 0) is 31.4 Å². The van der Waals surface area contributed by atoms with Crippen molar-refractivity contribution in [3.05, 3.63) is 36.0 Å². The lowest BCUT2D eigenvalue weighted by molar-refractivity contribution is 0.581. The van der Waals surface area contributed by atoms with Crippen LogP contribution in [-0.2, 0) is 16.3 Å². The molecule has 7 heteroatoms. The molecule has 24 heavy (non-hydrogen) atoms. The third-order valence-corrected chi connectivity index (χ3v) is 4.87. The van der Waals surface area contributed by atoms with Crippen molar-refractivity contribution in [2.24, 2.45) is 4.99 Å². The lowest BCUT2D eigenvalue weighted by atomic mass is 10.1. The highest BCUT2D eigenvalue weighted by atomic mass is 32.2. The van der Waals surface area contributed by atoms with Gasteiger partial charge in [0.1, 0.15) is 9.84 Å². The molecular weight excluding hydrogens is 324 g/mol. The number of nitrogens with one attached hydrogen (secondary N) is 3. The zero-order valence-electron chi connectivity index (χ0n) is 14.5. The molecule has 1 heterocycles. The van der Waals surface area contributed by atoms with E-state index in [1.54, 1.807) is 7.05 Å². The first-order valence-electron chi connectivity index (χ1n) is 8.09. The van der Waals surface area contributed by atoms with Gasteiger partial charge in [-0.25, -0.2) is 8.42 Å². The molecular formula is C17H26N4O2S. The van der Waals surface area contributed by atoms with Gasteiger partial charge in [-0.15, -0.1) is 0 Å². The highest BCUT2D eigenvalue weighted by Crippen LogP contribution is 2.17. The average Bonchev–Trinajstić information content (AvgIpc) is 2.95. The quantitative estimate of drug-likeness (QED) is 0.524. The van der Waals surface area contributed by atoms with Crippen molar-refractivity contribution in [2.75, 3.05) is 25.6 Å². The zero-order valence-corrected chi connectivity index (χ0v) is 15.3. The van der Waals surface area contributed by atoms with Gasteiger partial charge in [-0.2, -0.15) is 0 Å². The van der Waals surface area contributed by atoms with E-state index in [-0.39, 0.29) is 11.8 Å². The van der Waals surface area contributed by atoms with Crippen LogP contribution in [0.3, 0.4) is 0 Å². The summed E-state index contributed by atoms with van der Waals surface area (Å²) >= 11 is 0. The lowest BCUT2D eigenvalue weighted by Crippen LogP contribution is -2.43. The summed E-state index contributed by atoms with van der Waals surface area (Å²) < 4.78 is 22.4. The lowest BCUT2D eigenvalue weighted by Gasteiger charge is -2.17. The van der Waals surface area contributed by atoms with E-state index in [0.29, 0.717) is 12.4 Å². The molecule has 1 aromatic carbocycles. The Morgan fingerprint density at radius 3 is 2.79 bits per heavy atom. The third-order valence-electron chi connectivity index (χ3n) is 3.89. The summed E-state index contributed by atoms with van der Waals surface area (Å²) in [6.45, 7) is 2.71. The molecule has 0 spiro atoms. The molecule has 0 bridgehead atoms. The number of aromatic nitrogens is 1. The summed E-state index contributed by atoms with van der Waals surface area (Å²) in [5.74, 6) is 0.865. The first-order chi connectivity index (χ1) is 11.4. The molecule has 6 nitrogen and oxygen atoms in total. The minimum atomic E-state index is -2.93. The van der Waals surface area contributed by atoms with Crippen molar-refractivity contribution in [3.63, 3.8) is 0 Å². The molecule has 0 aliphatic heterocycles. The minimum absolute atomic E-state index is 0.0408. The number of H-pyrrole nitrogens is 1. The number of aromatic amines is 1. The molecule has 0 aliphatic rings. The van der Waals surface area contributed by atoms with E-state index in [1.807, 2.05) is 25.3 Å². The van der Waals surface area contributed by atoms with Gasteiger partial charge in [0.2, 0.25) is 0 Å². The maximum absolute atomic E-state index is 11.2. The molecule has 0 amide bonds. The van der Waals surface area contributed by atoms with E-state index >= 15 is 0 Å². The molecule has 2 rings (SSSR count). The Bertz CT molecular complexity index is 796. The number of guanidine groups is 1. The molecule has 0 saturated carbocycles. The van der Waals surface area contributed by atoms with Gasteiger partial charge in [0, 0.05) is 43.0 Å². The number of rotatable bonds is 7. The summed E-state index contributed by atoms with van der Waals surface area (Å²) in [5, 5.41) is 7.74. The Morgan fingerprint density at radius 2 is 2.08 bits per heavy atom. The molecule has 0 radical (unpaired) electrons. The van der Waals surface area contributed by atoms with Crippen LogP contribution in [0.4, 0.5) is 0 Å². The Kier molecular flexibility index (Phi) is 6.25. The molecule has 0 fully saturated rings. The van der Waals surface area contributed by atoms with Gasteiger partial charge in [0.25, 0.3) is 0 Å². The molecule has 1 unspecified atom stereocenters. The third kappa shape index (κ3) is 5.56. The van der Waals surface area contributed by atoms with Crippen LogP contribution >= 0.6 is 0 Å². The van der Waals surface area contributed by atoms with Crippen molar-refractivity contribution >= 4 is 26.7 Å². The number of hydrogen-bond acceptors (Lipinski definition) is 3. The summed E-state index contributed by atoms with van der Waals surface area (Å²) in [7, 11) is -1.22. The van der Waals surface area contributed by atoms with Crippen molar-refractivity contribution in [1.29, 1.82) is 0 Å². The van der Waals surface area contributed by atoms with Crippen molar-refractivity contribution in [3.8, 4) is 0 Å². The van der Waals surface area contributed by atoms with Crippen LogP contribution in [0.15, 0.2) is 35.5 Å². The van der Waals surface area contributed by atoms with Gasteiger partial charge < -0.3 is 15.6 Å². The highest BCUT2D eigenvalue weighted by Gasteiger charge is 2.09. The second kappa shape index (κ2) is 8.19. The van der Waals surface area contributed by atoms with Crippen molar-refractivity contribution < 1.29 is 8.42 Å². The number of benzene rings is 1. The van der Waals surface area contributed by atoms with Gasteiger partial charge in [-0.3, -0.25) is 4.99 Å². The van der Waals surface area contributed by atoms with Crippen LogP contribution in [0, 0.1) is 0 Å². The molecule has 0 saturated heterocycles. The Balaban J connectivity index is 1.81. The number of hydrogen-bond donors (Lipinski definition) is 3. The van der Waals surface area contributed by atoms with E-state index in [0.717, 1.165) is 18.5 Å². The highest BCUT2D eigenvalue weighted by molar-refractivity contribution is 7.90. The Hall–Kier alpha value is -2.02. The van der Waals surface area contributed by atoms with E-state index in [1.165, 1.54) is 17.2 Å². The smallest absolute Gasteiger partial charge is 0.191 e. The number of aliphatic imine (C=N–C) groups is 1. The largest absolute Gasteiger partial charge is 0.361 e. The molecule has 132 valence electrons. The Morgan fingerprint density at radius 1 is 1.33 bits per heavy atom. The van der Waals surface area contributed by atoms with Gasteiger partial charge in [0.05, 0.1) is 5.75 Å². The SMILES string of the molecule is CN=C(NCCc1c[nH]c2ccccc12)NC(C)CCS(C)(=O)=O. The van der Waals surface area contributed by atoms with E-state index in [2.05, 4.69) is 32.7 Å². The van der Waals surface area contributed by atoms with Crippen molar-refractivity contribution in [2.45, 2.75) is 25.8 Å². The fourth-order valence-corrected chi connectivity index (χ4v) is 3.33. The normalized spacial score (nSPS) is 13.9. The van der Waals surface area contributed by atoms with Crippen LogP contribution in [0.5, 0.6) is 0 Å². The first kappa shape index (κ1) is 18.3.